The number of aryl methyl sites for hydroxylation is 2. The van der Waals surface area contributed by atoms with Gasteiger partial charge in [0.15, 0.2) is 5.82 Å². The number of H-pyrrole nitrogens is 1. The average molecular weight is 318 g/mol. The molecule has 0 unspecified atom stereocenters. The zero-order valence-electron chi connectivity index (χ0n) is 12.3. The van der Waals surface area contributed by atoms with E-state index in [0.29, 0.717) is 24.1 Å². The zero-order chi connectivity index (χ0) is 15.5. The van der Waals surface area contributed by atoms with Crippen molar-refractivity contribution in [2.24, 2.45) is 7.05 Å². The first-order chi connectivity index (χ1) is 10.6. The van der Waals surface area contributed by atoms with E-state index in [9.17, 15) is 0 Å². The Morgan fingerprint density at radius 3 is 2.73 bits per heavy atom. The van der Waals surface area contributed by atoms with E-state index in [1.807, 2.05) is 26.1 Å². The van der Waals surface area contributed by atoms with E-state index >= 15 is 0 Å². The molecule has 3 aromatic heterocycles. The number of rotatable bonds is 5. The van der Waals surface area contributed by atoms with Gasteiger partial charge in [0.25, 0.3) is 0 Å². The monoisotopic (exact) mass is 317 g/mol. The van der Waals surface area contributed by atoms with E-state index in [1.54, 1.807) is 17.1 Å². The van der Waals surface area contributed by atoms with Crippen LogP contribution in [0.4, 0.5) is 0 Å². The molecule has 0 radical (unpaired) electrons. The largest absolute Gasteiger partial charge is 0.306 e. The molecular weight excluding hydrogens is 302 g/mol. The van der Waals surface area contributed by atoms with Crippen molar-refractivity contribution in [2.75, 3.05) is 0 Å². The average Bonchev–Trinajstić information content (AvgIpc) is 3.08. The Hall–Kier alpha value is -2.25. The second-order valence-corrected chi connectivity index (χ2v) is 5.28. The van der Waals surface area contributed by atoms with Gasteiger partial charge in [0.2, 0.25) is 0 Å². The molecular formula is C14H16ClN7. The molecule has 0 aliphatic rings. The highest BCUT2D eigenvalue weighted by atomic mass is 35.5. The molecule has 0 fully saturated rings. The summed E-state index contributed by atoms with van der Waals surface area (Å²) in [6.45, 7) is 3.14. The molecule has 2 N–H and O–H groups in total. The molecule has 0 aromatic carbocycles. The van der Waals surface area contributed by atoms with Gasteiger partial charge in [-0.05, 0) is 19.1 Å². The summed E-state index contributed by atoms with van der Waals surface area (Å²) in [4.78, 5) is 8.43. The topological polar surface area (TPSA) is 84.3 Å². The first kappa shape index (κ1) is 14.7. The van der Waals surface area contributed by atoms with Gasteiger partial charge in [0.05, 0.1) is 12.2 Å². The number of aromatic amines is 1. The smallest absolute Gasteiger partial charge is 0.181 e. The van der Waals surface area contributed by atoms with Crippen LogP contribution in [0.1, 0.15) is 17.1 Å². The number of hydrogen-bond acceptors (Lipinski definition) is 5. The van der Waals surface area contributed by atoms with Crippen molar-refractivity contribution in [1.82, 2.24) is 35.3 Å². The maximum absolute atomic E-state index is 6.20. The van der Waals surface area contributed by atoms with Crippen LogP contribution in [0.2, 0.25) is 5.15 Å². The number of halogens is 1. The van der Waals surface area contributed by atoms with Gasteiger partial charge in [-0.2, -0.15) is 10.2 Å². The van der Waals surface area contributed by atoms with Crippen molar-refractivity contribution in [3.63, 3.8) is 0 Å². The van der Waals surface area contributed by atoms with Crippen molar-refractivity contribution in [3.05, 3.63) is 46.8 Å². The summed E-state index contributed by atoms with van der Waals surface area (Å²) in [6, 6.07) is 3.75. The molecule has 0 bridgehead atoms. The van der Waals surface area contributed by atoms with E-state index in [1.165, 1.54) is 0 Å². The maximum atomic E-state index is 6.20. The summed E-state index contributed by atoms with van der Waals surface area (Å²) in [5, 5.41) is 15.4. The molecule has 0 spiro atoms. The summed E-state index contributed by atoms with van der Waals surface area (Å²) in [7, 11) is 1.83. The van der Waals surface area contributed by atoms with Gasteiger partial charge in [0, 0.05) is 37.1 Å². The fraction of sp³-hybridized carbons (Fsp3) is 0.286. The third kappa shape index (κ3) is 3.00. The molecule has 0 amide bonds. The Morgan fingerprint density at radius 1 is 1.27 bits per heavy atom. The molecule has 3 heterocycles. The fourth-order valence-corrected chi connectivity index (χ4v) is 2.43. The number of nitrogens with one attached hydrogen (secondary N) is 2. The Balaban J connectivity index is 1.62. The van der Waals surface area contributed by atoms with Crippen molar-refractivity contribution in [2.45, 2.75) is 20.0 Å². The molecule has 3 rings (SSSR count). The third-order valence-electron chi connectivity index (χ3n) is 3.33. The van der Waals surface area contributed by atoms with Gasteiger partial charge in [-0.15, -0.1) is 0 Å². The van der Waals surface area contributed by atoms with Gasteiger partial charge < -0.3 is 5.32 Å². The summed E-state index contributed by atoms with van der Waals surface area (Å²) < 4.78 is 1.67. The van der Waals surface area contributed by atoms with Gasteiger partial charge in [-0.25, -0.2) is 4.98 Å². The maximum Gasteiger partial charge on any atom is 0.181 e. The lowest BCUT2D eigenvalue weighted by molar-refractivity contribution is 0.662. The zero-order valence-corrected chi connectivity index (χ0v) is 13.1. The number of pyridine rings is 1. The summed E-state index contributed by atoms with van der Waals surface area (Å²) >= 11 is 6.20. The highest BCUT2D eigenvalue weighted by molar-refractivity contribution is 6.30. The Morgan fingerprint density at radius 2 is 2.05 bits per heavy atom. The number of aromatic nitrogens is 6. The molecule has 0 aliphatic heterocycles. The highest BCUT2D eigenvalue weighted by Crippen LogP contribution is 2.18. The summed E-state index contributed by atoms with van der Waals surface area (Å²) in [6.07, 6.45) is 3.44. The lowest BCUT2D eigenvalue weighted by Gasteiger charge is -2.02. The van der Waals surface area contributed by atoms with Gasteiger partial charge in [0.1, 0.15) is 11.0 Å². The van der Waals surface area contributed by atoms with Crippen LogP contribution in [0.15, 0.2) is 24.5 Å². The molecule has 114 valence electrons. The van der Waals surface area contributed by atoms with E-state index in [-0.39, 0.29) is 0 Å². The van der Waals surface area contributed by atoms with E-state index in [0.717, 1.165) is 22.6 Å². The molecule has 7 nitrogen and oxygen atoms in total. The van der Waals surface area contributed by atoms with Crippen LogP contribution < -0.4 is 5.32 Å². The third-order valence-corrected chi connectivity index (χ3v) is 3.81. The minimum absolute atomic E-state index is 0.572. The van der Waals surface area contributed by atoms with Crippen molar-refractivity contribution in [1.29, 1.82) is 0 Å². The first-order valence-electron chi connectivity index (χ1n) is 6.85. The van der Waals surface area contributed by atoms with Crippen molar-refractivity contribution >= 4 is 11.6 Å². The molecule has 0 aliphatic carbocycles. The molecule has 0 atom stereocenters. The molecule has 0 saturated carbocycles. The van der Waals surface area contributed by atoms with Crippen LogP contribution >= 0.6 is 11.6 Å². The first-order valence-corrected chi connectivity index (χ1v) is 7.23. The van der Waals surface area contributed by atoms with Crippen LogP contribution in [-0.4, -0.2) is 29.9 Å². The van der Waals surface area contributed by atoms with Crippen LogP contribution in [-0.2, 0) is 20.1 Å². The van der Waals surface area contributed by atoms with Crippen LogP contribution in [0.5, 0.6) is 0 Å². The number of hydrogen-bond donors (Lipinski definition) is 2. The van der Waals surface area contributed by atoms with Gasteiger partial charge >= 0.3 is 0 Å². The lowest BCUT2D eigenvalue weighted by atomic mass is 10.2. The Labute approximate surface area is 132 Å². The predicted molar refractivity (Wildman–Crippen MR) is 83.1 cm³/mol. The van der Waals surface area contributed by atoms with Crippen LogP contribution in [0.25, 0.3) is 11.4 Å². The van der Waals surface area contributed by atoms with E-state index in [4.69, 9.17) is 11.6 Å². The lowest BCUT2D eigenvalue weighted by Crippen LogP contribution is -2.14. The van der Waals surface area contributed by atoms with Crippen LogP contribution in [0.3, 0.4) is 0 Å². The Kier molecular flexibility index (Phi) is 4.17. The Bertz CT molecular complexity index is 763. The summed E-state index contributed by atoms with van der Waals surface area (Å²) in [5.74, 6) is 1.43. The molecule has 22 heavy (non-hydrogen) atoms. The minimum atomic E-state index is 0.572. The predicted octanol–water partition coefficient (Wildman–Crippen LogP) is 1.85. The molecule has 0 saturated heterocycles. The quantitative estimate of drug-likeness (QED) is 0.750. The fourth-order valence-electron chi connectivity index (χ4n) is 2.19. The van der Waals surface area contributed by atoms with Crippen LogP contribution in [0, 0.1) is 6.92 Å². The normalized spacial score (nSPS) is 11.0. The number of nitrogens with zero attached hydrogens (tertiary/aromatic N) is 5. The minimum Gasteiger partial charge on any atom is -0.306 e. The SMILES string of the molecule is Cc1nn(C)c(Cl)c1CNCc1nc(-c2ccncc2)n[nH]1. The second-order valence-electron chi connectivity index (χ2n) is 4.92. The van der Waals surface area contributed by atoms with Gasteiger partial charge in [-0.1, -0.05) is 11.6 Å². The highest BCUT2D eigenvalue weighted by Gasteiger charge is 2.11. The van der Waals surface area contributed by atoms with Crippen molar-refractivity contribution in [3.8, 4) is 11.4 Å². The standard InChI is InChI=1S/C14H16ClN7/c1-9-11(13(15)22(2)21-9)7-17-8-12-18-14(20-19-12)10-3-5-16-6-4-10/h3-6,17H,7-8H2,1-2H3,(H,18,19,20). The van der Waals surface area contributed by atoms with Gasteiger partial charge in [-0.3, -0.25) is 14.8 Å². The molecule has 3 aromatic rings. The summed E-state index contributed by atoms with van der Waals surface area (Å²) in [5.41, 5.74) is 2.86. The van der Waals surface area contributed by atoms with Crippen molar-refractivity contribution < 1.29 is 0 Å². The second kappa shape index (κ2) is 6.25. The molecule has 8 heteroatoms. The van der Waals surface area contributed by atoms with E-state index < -0.39 is 0 Å². The van der Waals surface area contributed by atoms with E-state index in [2.05, 4.69) is 30.6 Å².